The van der Waals surface area contributed by atoms with Crippen molar-refractivity contribution in [2.45, 2.75) is 65.2 Å². The molecule has 2 aromatic heterocycles. The van der Waals surface area contributed by atoms with E-state index in [9.17, 15) is 14.0 Å². The molecule has 2 atom stereocenters. The number of benzene rings is 1. The molecule has 38 heavy (non-hydrogen) atoms. The highest BCUT2D eigenvalue weighted by atomic mass is 19.1. The fourth-order valence-corrected chi connectivity index (χ4v) is 4.42. The van der Waals surface area contributed by atoms with Crippen LogP contribution in [0.25, 0.3) is 5.65 Å². The van der Waals surface area contributed by atoms with Gasteiger partial charge in [-0.1, -0.05) is 0 Å². The van der Waals surface area contributed by atoms with E-state index in [4.69, 9.17) is 19.2 Å². The molecule has 1 saturated heterocycles. The van der Waals surface area contributed by atoms with Gasteiger partial charge in [-0.05, 0) is 71.7 Å². The van der Waals surface area contributed by atoms with Crippen LogP contribution in [0.1, 0.15) is 69.4 Å². The third-order valence-electron chi connectivity index (χ3n) is 5.99. The Morgan fingerprint density at radius 2 is 2.05 bits per heavy atom. The molecule has 0 saturated carbocycles. The molecular weight excluding hydrogens is 493 g/mol. The number of hydrogen-bond acceptors (Lipinski definition) is 8. The lowest BCUT2D eigenvalue weighted by atomic mass is 10.0. The van der Waals surface area contributed by atoms with Crippen LogP contribution in [-0.4, -0.2) is 58.1 Å². The Bertz CT molecular complexity index is 1300. The van der Waals surface area contributed by atoms with Crippen LogP contribution in [0.4, 0.5) is 15.0 Å². The van der Waals surface area contributed by atoms with Crippen molar-refractivity contribution in [3.8, 4) is 5.75 Å². The second-order valence-corrected chi connectivity index (χ2v) is 10.2. The average molecular weight is 528 g/mol. The molecule has 11 heteroatoms. The normalized spacial score (nSPS) is 16.4. The molecule has 0 unspecified atom stereocenters. The highest BCUT2D eigenvalue weighted by Crippen LogP contribution is 2.40. The smallest absolute Gasteiger partial charge is 0.407 e. The molecule has 3 aromatic rings. The number of alkyl carbamates (subject to hydrolysis) is 1. The van der Waals surface area contributed by atoms with Gasteiger partial charge in [0.2, 0.25) is 0 Å². The summed E-state index contributed by atoms with van der Waals surface area (Å²) in [5.41, 5.74) is 0.761. The largest absolute Gasteiger partial charge is 0.489 e. The van der Waals surface area contributed by atoms with Crippen molar-refractivity contribution in [2.24, 2.45) is 0 Å². The van der Waals surface area contributed by atoms with Crippen LogP contribution in [-0.2, 0) is 9.47 Å². The van der Waals surface area contributed by atoms with Crippen LogP contribution < -0.4 is 15.0 Å². The third kappa shape index (κ3) is 6.32. The third-order valence-corrected chi connectivity index (χ3v) is 5.99. The van der Waals surface area contributed by atoms with Gasteiger partial charge in [0.25, 0.3) is 0 Å². The van der Waals surface area contributed by atoms with Crippen molar-refractivity contribution in [3.05, 3.63) is 53.6 Å². The molecule has 1 amide bonds. The van der Waals surface area contributed by atoms with Gasteiger partial charge in [0, 0.05) is 18.3 Å². The molecule has 0 bridgehead atoms. The highest BCUT2D eigenvalue weighted by molar-refractivity contribution is 5.95. The summed E-state index contributed by atoms with van der Waals surface area (Å²) < 4.78 is 32.5. The molecular formula is C27H34FN5O5. The molecule has 10 nitrogen and oxygen atoms in total. The van der Waals surface area contributed by atoms with E-state index in [0.717, 1.165) is 12.8 Å². The number of nitrogens with one attached hydrogen (secondary N) is 1. The Hall–Kier alpha value is -3.89. The number of carbonyl (C=O) groups is 2. The number of nitrogens with zero attached hydrogens (tertiary/aromatic N) is 4. The molecule has 204 valence electrons. The van der Waals surface area contributed by atoms with Gasteiger partial charge in [0.1, 0.15) is 34.7 Å². The summed E-state index contributed by atoms with van der Waals surface area (Å²) in [6.07, 6.45) is 3.89. The second-order valence-electron chi connectivity index (χ2n) is 10.2. The Kier molecular flexibility index (Phi) is 8.03. The first kappa shape index (κ1) is 27.2. The quantitative estimate of drug-likeness (QED) is 0.421. The van der Waals surface area contributed by atoms with Crippen molar-refractivity contribution in [2.75, 3.05) is 24.6 Å². The average Bonchev–Trinajstić information content (AvgIpc) is 3.50. The summed E-state index contributed by atoms with van der Waals surface area (Å²) in [5.74, 6) is 0.308. The first-order valence-corrected chi connectivity index (χ1v) is 12.8. The minimum atomic E-state index is -0.602. The maximum atomic E-state index is 14.4. The Labute approximate surface area is 221 Å². The van der Waals surface area contributed by atoms with E-state index in [1.165, 1.54) is 22.8 Å². The number of esters is 1. The number of hydrogen-bond donors (Lipinski definition) is 1. The Morgan fingerprint density at radius 1 is 1.26 bits per heavy atom. The van der Waals surface area contributed by atoms with Crippen molar-refractivity contribution >= 4 is 23.5 Å². The van der Waals surface area contributed by atoms with Crippen LogP contribution in [0.5, 0.6) is 5.75 Å². The number of fused-ring (bicyclic) bond motifs is 1. The van der Waals surface area contributed by atoms with E-state index in [0.29, 0.717) is 29.3 Å². The zero-order valence-corrected chi connectivity index (χ0v) is 22.4. The lowest BCUT2D eigenvalue weighted by molar-refractivity contribution is 0.0501. The minimum Gasteiger partial charge on any atom is -0.489 e. The van der Waals surface area contributed by atoms with Crippen LogP contribution in [0.2, 0.25) is 0 Å². The molecule has 3 heterocycles. The summed E-state index contributed by atoms with van der Waals surface area (Å²) in [5, 5.41) is 6.91. The molecule has 1 aliphatic heterocycles. The first-order chi connectivity index (χ1) is 18.1. The van der Waals surface area contributed by atoms with E-state index in [1.807, 2.05) is 13.0 Å². The van der Waals surface area contributed by atoms with Gasteiger partial charge < -0.3 is 24.4 Å². The van der Waals surface area contributed by atoms with Crippen LogP contribution >= 0.6 is 0 Å². The molecule has 1 aromatic carbocycles. The van der Waals surface area contributed by atoms with E-state index in [-0.39, 0.29) is 30.6 Å². The number of aromatic nitrogens is 3. The minimum absolute atomic E-state index is 0.198. The number of halogens is 1. The van der Waals surface area contributed by atoms with Gasteiger partial charge in [-0.3, -0.25) is 0 Å². The molecule has 0 spiro atoms. The summed E-state index contributed by atoms with van der Waals surface area (Å²) >= 11 is 0. The van der Waals surface area contributed by atoms with Gasteiger partial charge in [0.05, 0.1) is 25.4 Å². The number of carbonyl (C=O) groups excluding carboxylic acids is 2. The fourth-order valence-electron chi connectivity index (χ4n) is 4.42. The summed E-state index contributed by atoms with van der Waals surface area (Å²) in [7, 11) is 0. The first-order valence-electron chi connectivity index (χ1n) is 12.8. The molecule has 4 rings (SSSR count). The van der Waals surface area contributed by atoms with Crippen molar-refractivity contribution < 1.29 is 28.2 Å². The zero-order chi connectivity index (χ0) is 27.4. The highest BCUT2D eigenvalue weighted by Gasteiger charge is 2.31. The Morgan fingerprint density at radius 3 is 2.79 bits per heavy atom. The van der Waals surface area contributed by atoms with Crippen molar-refractivity contribution in [3.63, 3.8) is 0 Å². The number of ether oxygens (including phenoxy) is 3. The van der Waals surface area contributed by atoms with Gasteiger partial charge in [0.15, 0.2) is 5.65 Å². The molecule has 0 aliphatic carbocycles. The van der Waals surface area contributed by atoms with E-state index < -0.39 is 23.8 Å². The zero-order valence-electron chi connectivity index (χ0n) is 22.4. The fraction of sp³-hybridized carbons (Fsp3) is 0.481. The van der Waals surface area contributed by atoms with Crippen molar-refractivity contribution in [1.82, 2.24) is 19.9 Å². The summed E-state index contributed by atoms with van der Waals surface area (Å²) in [6.45, 7) is 10.1. The van der Waals surface area contributed by atoms with Crippen LogP contribution in [0.15, 0.2) is 36.7 Å². The lowest BCUT2D eigenvalue weighted by Crippen LogP contribution is -2.37. The van der Waals surface area contributed by atoms with Crippen LogP contribution in [0.3, 0.4) is 0 Å². The maximum Gasteiger partial charge on any atom is 0.407 e. The SMILES string of the molecule is CCOC(=O)c1cnn2ccc(N3CCC[C@@H]3c3cc(F)ccc3O[C@@H](C)CNC(=O)OC(C)(C)C)nc12. The second kappa shape index (κ2) is 11.2. The predicted molar refractivity (Wildman–Crippen MR) is 139 cm³/mol. The molecule has 1 fully saturated rings. The lowest BCUT2D eigenvalue weighted by Gasteiger charge is -2.28. The monoisotopic (exact) mass is 527 g/mol. The summed E-state index contributed by atoms with van der Waals surface area (Å²) in [6, 6.07) is 6.07. The standard InChI is InChI=1S/C27H34FN5O5/c1-6-36-25(34)20-16-30-33-13-11-23(31-24(20)33)32-12-7-8-21(32)19-14-18(28)9-10-22(19)37-17(2)15-29-26(35)38-27(3,4)5/h9-11,13-14,16-17,21H,6-8,12,15H2,1-5H3,(H,29,35)/t17-,21+/m0/s1. The number of rotatable bonds is 8. The molecule has 1 aliphatic rings. The van der Waals surface area contributed by atoms with Gasteiger partial charge in [-0.15, -0.1) is 0 Å². The van der Waals surface area contributed by atoms with E-state index in [1.54, 1.807) is 40.0 Å². The van der Waals surface area contributed by atoms with Gasteiger partial charge in [-0.2, -0.15) is 5.10 Å². The van der Waals surface area contributed by atoms with Crippen LogP contribution in [0, 0.1) is 5.82 Å². The van der Waals surface area contributed by atoms with E-state index >= 15 is 0 Å². The van der Waals surface area contributed by atoms with Crippen molar-refractivity contribution in [1.29, 1.82) is 0 Å². The van der Waals surface area contributed by atoms with Gasteiger partial charge >= 0.3 is 12.1 Å². The summed E-state index contributed by atoms with van der Waals surface area (Å²) in [4.78, 5) is 31.2. The topological polar surface area (TPSA) is 107 Å². The van der Waals surface area contributed by atoms with E-state index in [2.05, 4.69) is 15.3 Å². The molecule has 1 N–H and O–H groups in total. The maximum absolute atomic E-state index is 14.4. The number of amides is 1. The number of anilines is 1. The van der Waals surface area contributed by atoms with Gasteiger partial charge in [-0.25, -0.2) is 23.5 Å². The predicted octanol–water partition coefficient (Wildman–Crippen LogP) is 4.68. The Balaban J connectivity index is 1.55. The molecule has 0 radical (unpaired) electrons.